The highest BCUT2D eigenvalue weighted by Gasteiger charge is 2.28. The van der Waals surface area contributed by atoms with Crippen LogP contribution in [0.3, 0.4) is 0 Å². The molecule has 61 heavy (non-hydrogen) atoms. The van der Waals surface area contributed by atoms with Gasteiger partial charge in [-0.05, 0) is 71.6 Å². The molecule has 0 unspecified atom stereocenters. The van der Waals surface area contributed by atoms with Gasteiger partial charge in [0, 0.05) is 62.8 Å². The lowest BCUT2D eigenvalue weighted by molar-refractivity contribution is -0.572. The number of hydrogen-bond acceptors (Lipinski definition) is 2. The van der Waals surface area contributed by atoms with Gasteiger partial charge in [0.2, 0.25) is 6.33 Å². The lowest BCUT2D eigenvalue weighted by Gasteiger charge is -2.20. The van der Waals surface area contributed by atoms with E-state index in [-0.39, 0.29) is 5.41 Å². The summed E-state index contributed by atoms with van der Waals surface area (Å²) < 4.78 is 18.2. The van der Waals surface area contributed by atoms with Crippen LogP contribution >= 0.6 is 0 Å². The van der Waals surface area contributed by atoms with Crippen LogP contribution in [0.4, 0.5) is 0 Å². The monoisotopic (exact) mass is 790 g/mol. The zero-order valence-electron chi connectivity index (χ0n) is 34.7. The standard InChI is InChI=1S/C54H42N6O/c1-54(2,3)34-28-29-55-47(30-34)60-46-32-38(61-37-19-15-18-36(31-37)58-33-56(4)44-24-13-14-25-45(44)58)26-27-41(46)49-51-48(39-20-9-11-22-42(39)57(51)5)52-50(53(49)60)40-21-10-12-23-43(40)59(52)35-16-7-6-8-17-35/h6-32H,1-5H3. The van der Waals surface area contributed by atoms with Gasteiger partial charge in [0.1, 0.15) is 17.3 Å². The van der Waals surface area contributed by atoms with E-state index in [9.17, 15) is 0 Å². The molecule has 0 spiro atoms. The number of aryl methyl sites for hydroxylation is 2. The Morgan fingerprint density at radius 1 is 0.541 bits per heavy atom. The summed E-state index contributed by atoms with van der Waals surface area (Å²) in [6, 6.07) is 56.0. The molecule has 7 aromatic carbocycles. The maximum Gasteiger partial charge on any atom is 0.244 e. The SMILES string of the molecule is Cn1[c-][n+](-c2cccc(Oc3ccc4c5c6c(c7ccccc7n6C)c6c(c7ccccc7n6-c6ccccc6)c5n(-c5cc(C(C)(C)C)ccn5)c4c3)c2)c2ccccc21. The number of rotatable bonds is 5. The molecule has 0 saturated heterocycles. The lowest BCUT2D eigenvalue weighted by Crippen LogP contribution is -2.29. The van der Waals surface area contributed by atoms with Crippen LogP contribution in [0.1, 0.15) is 26.3 Å². The molecule has 0 N–H and O–H groups in total. The third kappa shape index (κ3) is 5.16. The molecule has 0 atom stereocenters. The van der Waals surface area contributed by atoms with Crippen LogP contribution in [0, 0.1) is 6.33 Å². The molecule has 0 amide bonds. The minimum Gasteiger partial charge on any atom is -0.458 e. The van der Waals surface area contributed by atoms with Gasteiger partial charge in [0.05, 0.1) is 51.4 Å². The fraction of sp³-hybridized carbons (Fsp3) is 0.111. The number of pyridine rings is 1. The third-order valence-corrected chi connectivity index (χ3v) is 12.5. The van der Waals surface area contributed by atoms with Crippen LogP contribution in [0.15, 0.2) is 164 Å². The summed E-state index contributed by atoms with van der Waals surface area (Å²) in [4.78, 5) is 5.18. The maximum atomic E-state index is 6.83. The van der Waals surface area contributed by atoms with Crippen molar-refractivity contribution in [1.82, 2.24) is 23.3 Å². The molecule has 0 radical (unpaired) electrons. The Morgan fingerprint density at radius 3 is 1.97 bits per heavy atom. The Hall–Kier alpha value is -7.64. The summed E-state index contributed by atoms with van der Waals surface area (Å²) in [5.41, 5.74) is 12.3. The maximum absolute atomic E-state index is 6.83. The highest BCUT2D eigenvalue weighted by molar-refractivity contribution is 6.40. The van der Waals surface area contributed by atoms with Crippen molar-refractivity contribution in [2.24, 2.45) is 14.1 Å². The molecular formula is C54H42N6O. The highest BCUT2D eigenvalue weighted by Crippen LogP contribution is 2.49. The van der Waals surface area contributed by atoms with Gasteiger partial charge in [-0.1, -0.05) is 112 Å². The van der Waals surface area contributed by atoms with Crippen LogP contribution in [0.25, 0.3) is 93.6 Å². The minimum atomic E-state index is -0.0863. The molecule has 0 fully saturated rings. The van der Waals surface area contributed by atoms with E-state index in [0.717, 1.165) is 61.7 Å². The Bertz CT molecular complexity index is 3740. The van der Waals surface area contributed by atoms with Crippen LogP contribution in [0.2, 0.25) is 0 Å². The first kappa shape index (κ1) is 35.3. The average Bonchev–Trinajstić information content (AvgIpc) is 4.00. The van der Waals surface area contributed by atoms with Gasteiger partial charge in [-0.2, -0.15) is 0 Å². The van der Waals surface area contributed by atoms with E-state index < -0.39 is 0 Å². The van der Waals surface area contributed by atoms with Crippen molar-refractivity contribution in [2.45, 2.75) is 26.2 Å². The number of imidazole rings is 1. The van der Waals surface area contributed by atoms with Crippen LogP contribution in [0.5, 0.6) is 11.5 Å². The van der Waals surface area contributed by atoms with Crippen LogP contribution in [-0.4, -0.2) is 23.3 Å². The van der Waals surface area contributed by atoms with Crippen molar-refractivity contribution in [2.75, 3.05) is 0 Å². The summed E-state index contributed by atoms with van der Waals surface area (Å²) in [5.74, 6) is 2.35. The zero-order valence-corrected chi connectivity index (χ0v) is 34.7. The lowest BCUT2D eigenvalue weighted by atomic mass is 9.88. The van der Waals surface area contributed by atoms with E-state index >= 15 is 0 Å². The Balaban J connectivity index is 1.20. The van der Waals surface area contributed by atoms with Crippen molar-refractivity contribution in [3.63, 3.8) is 0 Å². The molecule has 0 saturated carbocycles. The number of benzene rings is 7. The van der Waals surface area contributed by atoms with Gasteiger partial charge in [0.25, 0.3) is 0 Å². The summed E-state index contributed by atoms with van der Waals surface area (Å²) >= 11 is 0. The molecular weight excluding hydrogens is 749 g/mol. The highest BCUT2D eigenvalue weighted by atomic mass is 16.5. The van der Waals surface area contributed by atoms with Gasteiger partial charge < -0.3 is 23.0 Å². The van der Waals surface area contributed by atoms with E-state index in [2.05, 4.69) is 198 Å². The summed E-state index contributed by atoms with van der Waals surface area (Å²) in [6.07, 6.45) is 5.43. The molecule has 0 bridgehead atoms. The predicted octanol–water partition coefficient (Wildman–Crippen LogP) is 12.6. The van der Waals surface area contributed by atoms with E-state index in [1.807, 2.05) is 29.9 Å². The summed E-state index contributed by atoms with van der Waals surface area (Å²) in [6.45, 7) is 6.78. The number of ether oxygens (including phenoxy) is 1. The number of hydrogen-bond donors (Lipinski definition) is 0. The molecule has 0 aliphatic rings. The van der Waals surface area contributed by atoms with E-state index in [1.54, 1.807) is 0 Å². The Morgan fingerprint density at radius 2 is 1.18 bits per heavy atom. The van der Waals surface area contributed by atoms with Gasteiger partial charge in [0.15, 0.2) is 0 Å². The minimum absolute atomic E-state index is 0.0863. The van der Waals surface area contributed by atoms with Crippen molar-refractivity contribution < 1.29 is 9.30 Å². The van der Waals surface area contributed by atoms with Crippen molar-refractivity contribution in [3.8, 4) is 28.7 Å². The normalized spacial score (nSPS) is 12.3. The molecule has 0 aliphatic heterocycles. The average molecular weight is 791 g/mol. The molecule has 7 nitrogen and oxygen atoms in total. The fourth-order valence-electron chi connectivity index (χ4n) is 9.75. The smallest absolute Gasteiger partial charge is 0.244 e. The molecule has 5 heterocycles. The topological polar surface area (TPSA) is 45.7 Å². The van der Waals surface area contributed by atoms with Crippen molar-refractivity contribution in [1.29, 1.82) is 0 Å². The second kappa shape index (κ2) is 12.9. The Labute approximate surface area is 352 Å². The van der Waals surface area contributed by atoms with Gasteiger partial charge in [-0.15, -0.1) is 0 Å². The zero-order chi connectivity index (χ0) is 41.1. The summed E-state index contributed by atoms with van der Waals surface area (Å²) in [5, 5.41) is 7.16. The first-order valence-electron chi connectivity index (χ1n) is 20.8. The molecule has 12 aromatic rings. The van der Waals surface area contributed by atoms with E-state index in [0.29, 0.717) is 0 Å². The molecule has 294 valence electrons. The second-order valence-electron chi connectivity index (χ2n) is 17.2. The predicted molar refractivity (Wildman–Crippen MR) is 249 cm³/mol. The number of fused-ring (bicyclic) bond motifs is 13. The molecule has 0 aliphatic carbocycles. The molecule has 12 rings (SSSR count). The van der Waals surface area contributed by atoms with Gasteiger partial charge >= 0.3 is 0 Å². The molecule has 7 heteroatoms. The van der Waals surface area contributed by atoms with Gasteiger partial charge in [-0.25, -0.2) is 4.98 Å². The quantitative estimate of drug-likeness (QED) is 0.129. The van der Waals surface area contributed by atoms with E-state index in [4.69, 9.17) is 9.72 Å². The van der Waals surface area contributed by atoms with Crippen LogP contribution < -0.4 is 9.30 Å². The first-order chi connectivity index (χ1) is 29.7. The number of para-hydroxylation sites is 5. The van der Waals surface area contributed by atoms with Crippen LogP contribution in [-0.2, 0) is 19.5 Å². The van der Waals surface area contributed by atoms with Gasteiger partial charge in [-0.3, -0.25) is 4.57 Å². The van der Waals surface area contributed by atoms with Crippen molar-refractivity contribution >= 4 is 76.5 Å². The number of aromatic nitrogens is 6. The molecule has 5 aromatic heterocycles. The largest absolute Gasteiger partial charge is 0.458 e. The fourth-order valence-corrected chi connectivity index (χ4v) is 9.75. The number of nitrogens with zero attached hydrogens (tertiary/aromatic N) is 6. The second-order valence-corrected chi connectivity index (χ2v) is 17.2. The third-order valence-electron chi connectivity index (χ3n) is 12.5. The van der Waals surface area contributed by atoms with E-state index in [1.165, 1.54) is 49.0 Å². The Kier molecular flexibility index (Phi) is 7.49. The summed E-state index contributed by atoms with van der Waals surface area (Å²) in [7, 11) is 4.24. The van der Waals surface area contributed by atoms with Crippen molar-refractivity contribution in [3.05, 3.63) is 176 Å². The first-order valence-corrected chi connectivity index (χ1v) is 20.8.